The average Bonchev–Trinajstić information content (AvgIpc) is 3.00. The zero-order chi connectivity index (χ0) is 11.5. The number of rotatable bonds is 5. The van der Waals surface area contributed by atoms with Gasteiger partial charge in [0.15, 0.2) is 0 Å². The van der Waals surface area contributed by atoms with Crippen LogP contribution in [0.2, 0.25) is 0 Å². The molecule has 2 aliphatic carbocycles. The third kappa shape index (κ3) is 3.48. The highest BCUT2D eigenvalue weighted by Crippen LogP contribution is 2.33. The second-order valence-corrected chi connectivity index (χ2v) is 5.79. The third-order valence-electron chi connectivity index (χ3n) is 4.04. The molecule has 3 N–H and O–H groups in total. The molecule has 0 aromatic heterocycles. The van der Waals surface area contributed by atoms with Crippen LogP contribution in [0.1, 0.15) is 45.4 Å². The van der Waals surface area contributed by atoms with Crippen molar-refractivity contribution in [3.63, 3.8) is 0 Å². The van der Waals surface area contributed by atoms with Crippen LogP contribution < -0.4 is 11.1 Å². The Morgan fingerprint density at radius 1 is 1.38 bits per heavy atom. The third-order valence-corrected chi connectivity index (χ3v) is 4.04. The fraction of sp³-hybridized carbons (Fsp3) is 0.923. The van der Waals surface area contributed by atoms with Crippen LogP contribution in [0.5, 0.6) is 0 Å². The molecule has 0 radical (unpaired) electrons. The zero-order valence-corrected chi connectivity index (χ0v) is 10.2. The van der Waals surface area contributed by atoms with E-state index in [1.165, 1.54) is 32.1 Å². The number of carbonyl (C=O) groups excluding carboxylic acids is 1. The molecule has 2 aliphatic rings. The van der Waals surface area contributed by atoms with E-state index in [0.717, 1.165) is 12.5 Å². The number of hydrogen-bond donors (Lipinski definition) is 2. The highest BCUT2D eigenvalue weighted by atomic mass is 16.1. The van der Waals surface area contributed by atoms with Crippen molar-refractivity contribution in [3.05, 3.63) is 0 Å². The molecule has 0 aromatic rings. The smallest absolute Gasteiger partial charge is 0.221 e. The summed E-state index contributed by atoms with van der Waals surface area (Å²) in [7, 11) is 0. The van der Waals surface area contributed by atoms with E-state index in [4.69, 9.17) is 5.73 Å². The van der Waals surface area contributed by atoms with Crippen molar-refractivity contribution < 1.29 is 4.79 Å². The predicted octanol–water partition coefficient (Wildman–Crippen LogP) is 1.67. The minimum Gasteiger partial charge on any atom is -0.356 e. The lowest BCUT2D eigenvalue weighted by Crippen LogP contribution is -2.35. The first-order valence-corrected chi connectivity index (χ1v) is 6.67. The first-order chi connectivity index (χ1) is 7.65. The van der Waals surface area contributed by atoms with Gasteiger partial charge in [0.25, 0.3) is 0 Å². The molecule has 3 heteroatoms. The summed E-state index contributed by atoms with van der Waals surface area (Å²) in [5, 5.41) is 3.04. The van der Waals surface area contributed by atoms with Gasteiger partial charge in [-0.25, -0.2) is 0 Å². The molecule has 2 rings (SSSR count). The largest absolute Gasteiger partial charge is 0.356 e. The summed E-state index contributed by atoms with van der Waals surface area (Å²) in [5.74, 6) is 2.32. The number of hydrogen-bond acceptors (Lipinski definition) is 2. The Kier molecular flexibility index (Phi) is 3.85. The molecule has 0 saturated heterocycles. The van der Waals surface area contributed by atoms with Crippen molar-refractivity contribution in [1.82, 2.24) is 5.32 Å². The van der Waals surface area contributed by atoms with Crippen LogP contribution in [-0.4, -0.2) is 18.5 Å². The van der Waals surface area contributed by atoms with Crippen LogP contribution in [0.3, 0.4) is 0 Å². The quantitative estimate of drug-likeness (QED) is 0.746. The van der Waals surface area contributed by atoms with E-state index in [1.807, 2.05) is 0 Å². The van der Waals surface area contributed by atoms with Gasteiger partial charge in [0, 0.05) is 19.0 Å². The van der Waals surface area contributed by atoms with Gasteiger partial charge in [-0.1, -0.05) is 13.3 Å². The van der Waals surface area contributed by atoms with Gasteiger partial charge >= 0.3 is 0 Å². The minimum atomic E-state index is 0.0995. The SMILES string of the molecule is CC1CCC(CNC(=O)CC(N)C2CC2)C1. The average molecular weight is 224 g/mol. The van der Waals surface area contributed by atoms with E-state index in [0.29, 0.717) is 18.3 Å². The number of carbonyl (C=O) groups is 1. The molecule has 3 unspecified atom stereocenters. The molecule has 2 saturated carbocycles. The van der Waals surface area contributed by atoms with Crippen LogP contribution >= 0.6 is 0 Å². The highest BCUT2D eigenvalue weighted by Gasteiger charge is 2.30. The van der Waals surface area contributed by atoms with Crippen LogP contribution in [0, 0.1) is 17.8 Å². The summed E-state index contributed by atoms with van der Waals surface area (Å²) >= 11 is 0. The summed E-state index contributed by atoms with van der Waals surface area (Å²) in [4.78, 5) is 11.6. The highest BCUT2D eigenvalue weighted by molar-refractivity contribution is 5.76. The van der Waals surface area contributed by atoms with Gasteiger partial charge in [0.1, 0.15) is 0 Å². The normalized spacial score (nSPS) is 31.4. The van der Waals surface area contributed by atoms with Crippen molar-refractivity contribution in [2.45, 2.75) is 51.5 Å². The molecule has 3 nitrogen and oxygen atoms in total. The second-order valence-electron chi connectivity index (χ2n) is 5.79. The van der Waals surface area contributed by atoms with Crippen molar-refractivity contribution in [3.8, 4) is 0 Å². The van der Waals surface area contributed by atoms with Crippen molar-refractivity contribution in [2.75, 3.05) is 6.54 Å². The maximum Gasteiger partial charge on any atom is 0.221 e. The van der Waals surface area contributed by atoms with Crippen molar-refractivity contribution in [2.24, 2.45) is 23.5 Å². The Hall–Kier alpha value is -0.570. The van der Waals surface area contributed by atoms with Gasteiger partial charge < -0.3 is 11.1 Å². The molecule has 3 atom stereocenters. The molecule has 0 spiro atoms. The molecule has 16 heavy (non-hydrogen) atoms. The summed E-state index contributed by atoms with van der Waals surface area (Å²) in [6.45, 7) is 3.16. The van der Waals surface area contributed by atoms with E-state index in [9.17, 15) is 4.79 Å². The lowest BCUT2D eigenvalue weighted by molar-refractivity contribution is -0.121. The number of amides is 1. The van der Waals surface area contributed by atoms with E-state index in [1.54, 1.807) is 0 Å². The van der Waals surface area contributed by atoms with Gasteiger partial charge in [0.05, 0.1) is 0 Å². The maximum atomic E-state index is 11.6. The Labute approximate surface area is 98.2 Å². The zero-order valence-electron chi connectivity index (χ0n) is 10.2. The van der Waals surface area contributed by atoms with Crippen LogP contribution in [0.4, 0.5) is 0 Å². The predicted molar refractivity (Wildman–Crippen MR) is 64.8 cm³/mol. The van der Waals surface area contributed by atoms with Crippen molar-refractivity contribution >= 4 is 5.91 Å². The monoisotopic (exact) mass is 224 g/mol. The first-order valence-electron chi connectivity index (χ1n) is 6.67. The molecule has 92 valence electrons. The van der Waals surface area contributed by atoms with Crippen LogP contribution in [-0.2, 0) is 4.79 Å². The van der Waals surface area contributed by atoms with Gasteiger partial charge in [-0.15, -0.1) is 0 Å². The van der Waals surface area contributed by atoms with Gasteiger partial charge in [0.2, 0.25) is 5.91 Å². The minimum absolute atomic E-state index is 0.0995. The van der Waals surface area contributed by atoms with Crippen LogP contribution in [0.15, 0.2) is 0 Å². The first kappa shape index (κ1) is 11.9. The van der Waals surface area contributed by atoms with Crippen LogP contribution in [0.25, 0.3) is 0 Å². The van der Waals surface area contributed by atoms with E-state index in [-0.39, 0.29) is 11.9 Å². The Bertz CT molecular complexity index is 250. The molecule has 0 heterocycles. The summed E-state index contributed by atoms with van der Waals surface area (Å²) < 4.78 is 0. The number of nitrogens with two attached hydrogens (primary N) is 1. The molecule has 2 fully saturated rings. The Morgan fingerprint density at radius 2 is 2.12 bits per heavy atom. The fourth-order valence-electron chi connectivity index (χ4n) is 2.75. The van der Waals surface area contributed by atoms with Gasteiger partial charge in [-0.2, -0.15) is 0 Å². The summed E-state index contributed by atoms with van der Waals surface area (Å²) in [6, 6.07) is 0.0995. The number of nitrogens with one attached hydrogen (secondary N) is 1. The Morgan fingerprint density at radius 3 is 2.69 bits per heavy atom. The molecular weight excluding hydrogens is 200 g/mol. The molecule has 0 aromatic carbocycles. The molecule has 0 bridgehead atoms. The van der Waals surface area contributed by atoms with Gasteiger partial charge in [-0.05, 0) is 43.4 Å². The Balaban J connectivity index is 1.59. The van der Waals surface area contributed by atoms with Crippen molar-refractivity contribution in [1.29, 1.82) is 0 Å². The fourth-order valence-corrected chi connectivity index (χ4v) is 2.75. The van der Waals surface area contributed by atoms with E-state index in [2.05, 4.69) is 12.2 Å². The standard InChI is InChI=1S/C13H24N2O/c1-9-2-3-10(6-9)8-15-13(16)7-12(14)11-4-5-11/h9-12H,2-8,14H2,1H3,(H,15,16). The van der Waals surface area contributed by atoms with Gasteiger partial charge in [-0.3, -0.25) is 4.79 Å². The summed E-state index contributed by atoms with van der Waals surface area (Å²) in [5.41, 5.74) is 5.92. The lowest BCUT2D eigenvalue weighted by Gasteiger charge is -2.13. The molecule has 1 amide bonds. The molecular formula is C13H24N2O. The van der Waals surface area contributed by atoms with E-state index >= 15 is 0 Å². The summed E-state index contributed by atoms with van der Waals surface area (Å²) in [6.07, 6.45) is 6.82. The molecule has 0 aliphatic heterocycles. The topological polar surface area (TPSA) is 55.1 Å². The lowest BCUT2D eigenvalue weighted by atomic mass is 10.1. The van der Waals surface area contributed by atoms with E-state index < -0.39 is 0 Å². The second kappa shape index (κ2) is 5.17. The maximum absolute atomic E-state index is 11.6.